The minimum absolute atomic E-state index is 0.186. The van der Waals surface area contributed by atoms with E-state index in [1.165, 1.54) is 25.0 Å². The molecule has 2 saturated heterocycles. The molecule has 2 unspecified atom stereocenters. The predicted octanol–water partition coefficient (Wildman–Crippen LogP) is 1.92. The summed E-state index contributed by atoms with van der Waals surface area (Å²) in [4.78, 5) is 12.2. The van der Waals surface area contributed by atoms with Gasteiger partial charge in [0.1, 0.15) is 0 Å². The lowest BCUT2D eigenvalue weighted by atomic mass is 9.90. The fraction of sp³-hybridized carbons (Fsp3) is 0.923. The third-order valence-corrected chi connectivity index (χ3v) is 5.58. The molecule has 0 aromatic heterocycles. The molecule has 2 rings (SSSR count). The van der Waals surface area contributed by atoms with Gasteiger partial charge in [-0.1, -0.05) is 0 Å². The van der Waals surface area contributed by atoms with Crippen LogP contribution < -0.4 is 10.6 Å². The van der Waals surface area contributed by atoms with Crippen molar-refractivity contribution in [3.05, 3.63) is 0 Å². The van der Waals surface area contributed by atoms with Gasteiger partial charge in [0, 0.05) is 11.3 Å². The molecular weight excluding hydrogens is 232 g/mol. The number of nitrogens with one attached hydrogen (secondary N) is 2. The molecule has 2 atom stereocenters. The second kappa shape index (κ2) is 5.19. The zero-order valence-corrected chi connectivity index (χ0v) is 11.8. The fourth-order valence-electron chi connectivity index (χ4n) is 2.69. The topological polar surface area (TPSA) is 41.1 Å². The molecule has 2 aliphatic heterocycles. The van der Waals surface area contributed by atoms with E-state index < -0.39 is 0 Å². The Bertz CT molecular complexity index is 281. The van der Waals surface area contributed by atoms with Crippen molar-refractivity contribution in [1.29, 1.82) is 0 Å². The molecule has 0 spiro atoms. The van der Waals surface area contributed by atoms with Crippen LogP contribution in [-0.4, -0.2) is 35.0 Å². The minimum Gasteiger partial charge on any atom is -0.353 e. The van der Waals surface area contributed by atoms with Gasteiger partial charge in [0.05, 0.1) is 5.54 Å². The second-order valence-corrected chi connectivity index (χ2v) is 7.48. The molecule has 1 amide bonds. The van der Waals surface area contributed by atoms with E-state index in [0.717, 1.165) is 25.9 Å². The lowest BCUT2D eigenvalue weighted by molar-refractivity contribution is -0.128. The summed E-state index contributed by atoms with van der Waals surface area (Å²) in [6.07, 6.45) is 5.82. The highest BCUT2D eigenvalue weighted by atomic mass is 32.2. The number of carbonyl (C=O) groups excluding carboxylic acids is 1. The molecule has 3 nitrogen and oxygen atoms in total. The Morgan fingerprint density at radius 2 is 2.12 bits per heavy atom. The molecule has 0 radical (unpaired) electrons. The number of rotatable bonds is 3. The zero-order chi connectivity index (χ0) is 12.4. The maximum atomic E-state index is 12.2. The van der Waals surface area contributed by atoms with Crippen LogP contribution in [0.4, 0.5) is 0 Å². The van der Waals surface area contributed by atoms with Crippen LogP contribution in [0.15, 0.2) is 0 Å². The van der Waals surface area contributed by atoms with Gasteiger partial charge in [-0.15, -0.1) is 0 Å². The van der Waals surface area contributed by atoms with Crippen molar-refractivity contribution in [1.82, 2.24) is 10.6 Å². The van der Waals surface area contributed by atoms with Crippen LogP contribution in [0.5, 0.6) is 0 Å². The normalized spacial score (nSPS) is 38.0. The largest absolute Gasteiger partial charge is 0.353 e. The number of thioether (sulfide) groups is 1. The highest BCUT2D eigenvalue weighted by Crippen LogP contribution is 2.37. The maximum absolute atomic E-state index is 12.2. The smallest absolute Gasteiger partial charge is 0.240 e. The lowest BCUT2D eigenvalue weighted by Gasteiger charge is -2.34. The molecule has 17 heavy (non-hydrogen) atoms. The number of carbonyl (C=O) groups is 1. The minimum atomic E-state index is -0.335. The van der Waals surface area contributed by atoms with Crippen molar-refractivity contribution in [3.8, 4) is 0 Å². The Hall–Kier alpha value is -0.220. The van der Waals surface area contributed by atoms with Gasteiger partial charge in [0.2, 0.25) is 5.91 Å². The van der Waals surface area contributed by atoms with Gasteiger partial charge < -0.3 is 10.6 Å². The van der Waals surface area contributed by atoms with Crippen molar-refractivity contribution in [2.24, 2.45) is 0 Å². The SMILES string of the molecule is CC1(CNC(=O)C2(C)CCCCN2)CCCS1. The van der Waals surface area contributed by atoms with E-state index in [1.54, 1.807) is 0 Å². The van der Waals surface area contributed by atoms with E-state index >= 15 is 0 Å². The molecule has 2 fully saturated rings. The number of hydrogen-bond acceptors (Lipinski definition) is 3. The fourth-order valence-corrected chi connectivity index (χ4v) is 3.93. The summed E-state index contributed by atoms with van der Waals surface area (Å²) < 4.78 is 0.265. The first kappa shape index (κ1) is 13.2. The first-order valence-corrected chi connectivity index (χ1v) is 7.70. The predicted molar refractivity (Wildman–Crippen MR) is 73.4 cm³/mol. The van der Waals surface area contributed by atoms with E-state index in [-0.39, 0.29) is 16.2 Å². The first-order valence-electron chi connectivity index (χ1n) is 6.71. The van der Waals surface area contributed by atoms with Crippen LogP contribution in [0, 0.1) is 0 Å². The Balaban J connectivity index is 1.84. The molecule has 4 heteroatoms. The van der Waals surface area contributed by atoms with Gasteiger partial charge in [0.25, 0.3) is 0 Å². The average Bonchev–Trinajstić information content (AvgIpc) is 2.75. The summed E-state index contributed by atoms with van der Waals surface area (Å²) in [6, 6.07) is 0. The van der Waals surface area contributed by atoms with E-state index in [1.807, 2.05) is 18.7 Å². The van der Waals surface area contributed by atoms with Gasteiger partial charge in [0.15, 0.2) is 0 Å². The number of piperidine rings is 1. The van der Waals surface area contributed by atoms with Crippen LogP contribution in [0.25, 0.3) is 0 Å². The Kier molecular flexibility index (Phi) is 4.03. The molecule has 0 bridgehead atoms. The van der Waals surface area contributed by atoms with Gasteiger partial charge in [-0.25, -0.2) is 0 Å². The van der Waals surface area contributed by atoms with Gasteiger partial charge in [-0.3, -0.25) is 4.79 Å². The summed E-state index contributed by atoms with van der Waals surface area (Å²) in [6.45, 7) is 6.08. The zero-order valence-electron chi connectivity index (χ0n) is 11.0. The molecule has 2 aliphatic rings. The maximum Gasteiger partial charge on any atom is 0.240 e. The second-order valence-electron chi connectivity index (χ2n) is 5.80. The van der Waals surface area contributed by atoms with E-state index in [2.05, 4.69) is 17.6 Å². The standard InChI is InChI=1S/C13H24N2OS/c1-12(6-5-9-17-12)10-14-11(16)13(2)7-3-4-8-15-13/h15H,3-10H2,1-2H3,(H,14,16). The molecule has 0 saturated carbocycles. The first-order chi connectivity index (χ1) is 8.04. The van der Waals surface area contributed by atoms with Crippen LogP contribution in [-0.2, 0) is 4.79 Å². The third-order valence-electron chi connectivity index (χ3n) is 4.04. The van der Waals surface area contributed by atoms with Crippen LogP contribution >= 0.6 is 11.8 Å². The summed E-state index contributed by atoms with van der Waals surface area (Å²) >= 11 is 2.00. The van der Waals surface area contributed by atoms with Gasteiger partial charge >= 0.3 is 0 Å². The Labute approximate surface area is 108 Å². The average molecular weight is 256 g/mol. The molecule has 2 N–H and O–H groups in total. The molecule has 0 aromatic carbocycles. The van der Waals surface area contributed by atoms with Crippen LogP contribution in [0.2, 0.25) is 0 Å². The molecule has 0 aliphatic carbocycles. The molecule has 0 aromatic rings. The molecule has 98 valence electrons. The van der Waals surface area contributed by atoms with Gasteiger partial charge in [-0.05, 0) is 58.2 Å². The Morgan fingerprint density at radius 3 is 2.71 bits per heavy atom. The van der Waals surface area contributed by atoms with E-state index in [4.69, 9.17) is 0 Å². The molecular formula is C13H24N2OS. The summed E-state index contributed by atoms with van der Waals surface area (Å²) in [5.41, 5.74) is -0.335. The highest BCUT2D eigenvalue weighted by Gasteiger charge is 2.36. The number of amides is 1. The number of hydrogen-bond donors (Lipinski definition) is 2. The van der Waals surface area contributed by atoms with Crippen LogP contribution in [0.3, 0.4) is 0 Å². The third kappa shape index (κ3) is 3.16. The van der Waals surface area contributed by atoms with Crippen molar-refractivity contribution in [2.75, 3.05) is 18.8 Å². The van der Waals surface area contributed by atoms with Crippen molar-refractivity contribution >= 4 is 17.7 Å². The summed E-state index contributed by atoms with van der Waals surface area (Å²) in [7, 11) is 0. The quantitative estimate of drug-likeness (QED) is 0.810. The van der Waals surface area contributed by atoms with Crippen molar-refractivity contribution < 1.29 is 4.79 Å². The summed E-state index contributed by atoms with van der Waals surface area (Å²) in [5, 5.41) is 6.52. The molecule has 2 heterocycles. The highest BCUT2D eigenvalue weighted by molar-refractivity contribution is 8.00. The monoisotopic (exact) mass is 256 g/mol. The summed E-state index contributed by atoms with van der Waals surface area (Å²) in [5.74, 6) is 1.42. The van der Waals surface area contributed by atoms with Gasteiger partial charge in [-0.2, -0.15) is 11.8 Å². The van der Waals surface area contributed by atoms with Crippen LogP contribution in [0.1, 0.15) is 46.0 Å². The van der Waals surface area contributed by atoms with E-state index in [0.29, 0.717) is 0 Å². The van der Waals surface area contributed by atoms with E-state index in [9.17, 15) is 4.79 Å². The van der Waals surface area contributed by atoms with Crippen molar-refractivity contribution in [2.45, 2.75) is 56.2 Å². The van der Waals surface area contributed by atoms with Crippen molar-refractivity contribution in [3.63, 3.8) is 0 Å². The Morgan fingerprint density at radius 1 is 1.29 bits per heavy atom. The lowest BCUT2D eigenvalue weighted by Crippen LogP contribution is -2.58.